The van der Waals surface area contributed by atoms with E-state index in [2.05, 4.69) is 11.5 Å². The highest BCUT2D eigenvalue weighted by molar-refractivity contribution is 4.80. The molecular formula is C9H17NO. The largest absolute Gasteiger partial charge is 0.384 e. The number of methoxy groups -OCH3 is 1. The molecule has 2 nitrogen and oxygen atoms in total. The van der Waals surface area contributed by atoms with Crippen molar-refractivity contribution in [1.29, 1.82) is 0 Å². The minimum atomic E-state index is 0.750. The molecule has 11 heavy (non-hydrogen) atoms. The van der Waals surface area contributed by atoms with Gasteiger partial charge >= 0.3 is 0 Å². The fourth-order valence-corrected chi connectivity index (χ4v) is 1.63. The smallest absolute Gasteiger partial charge is 0.0503 e. The molecule has 1 fully saturated rings. The highest BCUT2D eigenvalue weighted by Crippen LogP contribution is 2.15. The van der Waals surface area contributed by atoms with Gasteiger partial charge < -0.3 is 4.74 Å². The van der Waals surface area contributed by atoms with Gasteiger partial charge in [0, 0.05) is 20.2 Å². The van der Waals surface area contributed by atoms with Gasteiger partial charge in [0.1, 0.15) is 0 Å². The number of nitrogens with zero attached hydrogens (tertiary/aromatic N) is 1. The molecule has 64 valence electrons. The van der Waals surface area contributed by atoms with Crippen molar-refractivity contribution in [1.82, 2.24) is 4.90 Å². The van der Waals surface area contributed by atoms with Gasteiger partial charge in [-0.25, -0.2) is 0 Å². The minimum Gasteiger partial charge on any atom is -0.384 e. The Hall–Kier alpha value is -0.340. The third-order valence-electron chi connectivity index (χ3n) is 2.16. The Morgan fingerprint density at radius 1 is 1.73 bits per heavy atom. The van der Waals surface area contributed by atoms with Crippen LogP contribution >= 0.6 is 0 Å². The van der Waals surface area contributed by atoms with Gasteiger partial charge in [0.05, 0.1) is 6.61 Å². The van der Waals surface area contributed by atoms with E-state index in [4.69, 9.17) is 4.74 Å². The SMILES string of the molecule is C=CCN1CCC(COC)C1. The Morgan fingerprint density at radius 2 is 2.55 bits per heavy atom. The van der Waals surface area contributed by atoms with Crippen molar-refractivity contribution in [3.05, 3.63) is 12.7 Å². The summed E-state index contributed by atoms with van der Waals surface area (Å²) in [4.78, 5) is 2.41. The van der Waals surface area contributed by atoms with E-state index in [1.54, 1.807) is 7.11 Å². The van der Waals surface area contributed by atoms with E-state index < -0.39 is 0 Å². The second-order valence-electron chi connectivity index (χ2n) is 3.16. The number of likely N-dealkylation sites (tertiary alicyclic amines) is 1. The van der Waals surface area contributed by atoms with E-state index in [1.165, 1.54) is 19.5 Å². The quantitative estimate of drug-likeness (QED) is 0.564. The lowest BCUT2D eigenvalue weighted by Crippen LogP contribution is -2.21. The van der Waals surface area contributed by atoms with Gasteiger partial charge in [0.25, 0.3) is 0 Å². The van der Waals surface area contributed by atoms with Gasteiger partial charge in [-0.15, -0.1) is 6.58 Å². The lowest BCUT2D eigenvalue weighted by atomic mass is 10.1. The van der Waals surface area contributed by atoms with E-state index in [1.807, 2.05) is 6.08 Å². The van der Waals surface area contributed by atoms with Crippen LogP contribution in [0.3, 0.4) is 0 Å². The van der Waals surface area contributed by atoms with Crippen LogP contribution in [-0.2, 0) is 4.74 Å². The van der Waals surface area contributed by atoms with Crippen LogP contribution < -0.4 is 0 Å². The maximum atomic E-state index is 5.10. The molecule has 1 heterocycles. The number of ether oxygens (including phenoxy) is 1. The minimum absolute atomic E-state index is 0.750. The third-order valence-corrected chi connectivity index (χ3v) is 2.16. The van der Waals surface area contributed by atoms with Crippen molar-refractivity contribution >= 4 is 0 Å². The zero-order chi connectivity index (χ0) is 8.10. The van der Waals surface area contributed by atoms with E-state index in [9.17, 15) is 0 Å². The van der Waals surface area contributed by atoms with E-state index in [0.717, 1.165) is 19.1 Å². The molecular weight excluding hydrogens is 138 g/mol. The lowest BCUT2D eigenvalue weighted by Gasteiger charge is -2.12. The Balaban J connectivity index is 2.17. The Bertz CT molecular complexity index is 125. The molecule has 0 aliphatic carbocycles. The molecule has 2 heteroatoms. The maximum Gasteiger partial charge on any atom is 0.0503 e. The Labute approximate surface area is 68.8 Å². The average molecular weight is 155 g/mol. The third kappa shape index (κ3) is 2.64. The van der Waals surface area contributed by atoms with Gasteiger partial charge in [-0.05, 0) is 18.9 Å². The Kier molecular flexibility index (Phi) is 3.60. The molecule has 0 saturated carbocycles. The molecule has 1 unspecified atom stereocenters. The first kappa shape index (κ1) is 8.75. The Morgan fingerprint density at radius 3 is 3.18 bits per heavy atom. The molecule has 0 amide bonds. The molecule has 0 aromatic rings. The number of rotatable bonds is 4. The first-order valence-electron chi connectivity index (χ1n) is 4.19. The summed E-state index contributed by atoms with van der Waals surface area (Å²) in [6.07, 6.45) is 3.25. The molecule has 1 aliphatic rings. The van der Waals surface area contributed by atoms with Gasteiger partial charge in [0.2, 0.25) is 0 Å². The zero-order valence-corrected chi connectivity index (χ0v) is 7.25. The van der Waals surface area contributed by atoms with E-state index in [-0.39, 0.29) is 0 Å². The van der Waals surface area contributed by atoms with Gasteiger partial charge in [0.15, 0.2) is 0 Å². The predicted molar refractivity (Wildman–Crippen MR) is 46.6 cm³/mol. The standard InChI is InChI=1S/C9H17NO/c1-3-5-10-6-4-9(7-10)8-11-2/h3,9H,1,4-8H2,2H3. The summed E-state index contributed by atoms with van der Waals surface area (Å²) in [5.41, 5.74) is 0. The van der Waals surface area contributed by atoms with Crippen LogP contribution in [-0.4, -0.2) is 38.3 Å². The number of hydrogen-bond acceptors (Lipinski definition) is 2. The van der Waals surface area contributed by atoms with Crippen molar-refractivity contribution < 1.29 is 4.74 Å². The first-order valence-corrected chi connectivity index (χ1v) is 4.19. The normalized spacial score (nSPS) is 25.7. The van der Waals surface area contributed by atoms with Crippen LogP contribution in [0.2, 0.25) is 0 Å². The topological polar surface area (TPSA) is 12.5 Å². The van der Waals surface area contributed by atoms with Crippen LogP contribution in [0, 0.1) is 5.92 Å². The summed E-state index contributed by atoms with van der Waals surface area (Å²) < 4.78 is 5.10. The summed E-state index contributed by atoms with van der Waals surface area (Å²) in [7, 11) is 1.77. The van der Waals surface area contributed by atoms with Crippen molar-refractivity contribution in [2.75, 3.05) is 33.4 Å². The van der Waals surface area contributed by atoms with Crippen LogP contribution in [0.1, 0.15) is 6.42 Å². The predicted octanol–water partition coefficient (Wildman–Crippen LogP) is 1.14. The number of hydrogen-bond donors (Lipinski definition) is 0. The molecule has 0 spiro atoms. The van der Waals surface area contributed by atoms with Crippen LogP contribution in [0.5, 0.6) is 0 Å². The molecule has 1 saturated heterocycles. The monoisotopic (exact) mass is 155 g/mol. The van der Waals surface area contributed by atoms with Crippen molar-refractivity contribution in [2.24, 2.45) is 5.92 Å². The molecule has 1 aliphatic heterocycles. The van der Waals surface area contributed by atoms with Crippen molar-refractivity contribution in [3.8, 4) is 0 Å². The first-order chi connectivity index (χ1) is 5.36. The van der Waals surface area contributed by atoms with Crippen LogP contribution in [0.25, 0.3) is 0 Å². The van der Waals surface area contributed by atoms with E-state index in [0.29, 0.717) is 0 Å². The van der Waals surface area contributed by atoms with Crippen molar-refractivity contribution in [2.45, 2.75) is 6.42 Å². The second kappa shape index (κ2) is 4.52. The lowest BCUT2D eigenvalue weighted by molar-refractivity contribution is 0.154. The molecule has 0 aromatic heterocycles. The summed E-state index contributed by atoms with van der Waals surface area (Å²) in [6, 6.07) is 0. The van der Waals surface area contributed by atoms with Gasteiger partial charge in [-0.3, -0.25) is 4.90 Å². The maximum absolute atomic E-state index is 5.10. The van der Waals surface area contributed by atoms with Crippen molar-refractivity contribution in [3.63, 3.8) is 0 Å². The fourth-order valence-electron chi connectivity index (χ4n) is 1.63. The summed E-state index contributed by atoms with van der Waals surface area (Å²) in [6.45, 7) is 8.05. The fraction of sp³-hybridized carbons (Fsp3) is 0.778. The van der Waals surface area contributed by atoms with Gasteiger partial charge in [-0.1, -0.05) is 6.08 Å². The molecule has 0 radical (unpaired) electrons. The van der Waals surface area contributed by atoms with Crippen LogP contribution in [0.4, 0.5) is 0 Å². The second-order valence-corrected chi connectivity index (χ2v) is 3.16. The molecule has 1 rings (SSSR count). The highest BCUT2D eigenvalue weighted by atomic mass is 16.5. The van der Waals surface area contributed by atoms with Gasteiger partial charge in [-0.2, -0.15) is 0 Å². The summed E-state index contributed by atoms with van der Waals surface area (Å²) in [5, 5.41) is 0. The average Bonchev–Trinajstić information content (AvgIpc) is 2.38. The summed E-state index contributed by atoms with van der Waals surface area (Å²) >= 11 is 0. The molecule has 1 atom stereocenters. The highest BCUT2D eigenvalue weighted by Gasteiger charge is 2.20. The molecule has 0 N–H and O–H groups in total. The zero-order valence-electron chi connectivity index (χ0n) is 7.25. The molecule has 0 bridgehead atoms. The summed E-state index contributed by atoms with van der Waals surface area (Å²) in [5.74, 6) is 0.750. The van der Waals surface area contributed by atoms with E-state index >= 15 is 0 Å². The molecule has 0 aromatic carbocycles. The van der Waals surface area contributed by atoms with Crippen LogP contribution in [0.15, 0.2) is 12.7 Å².